The number of carbonyl (C=O) groups excluding carboxylic acids is 1. The molecule has 0 radical (unpaired) electrons. The van der Waals surface area contributed by atoms with E-state index < -0.39 is 0 Å². The van der Waals surface area contributed by atoms with Crippen LogP contribution < -0.4 is 5.32 Å². The summed E-state index contributed by atoms with van der Waals surface area (Å²) in [7, 11) is 0. The molecule has 5 heteroatoms. The smallest absolute Gasteiger partial charge is 0.258 e. The molecule has 0 spiro atoms. The van der Waals surface area contributed by atoms with Crippen molar-refractivity contribution in [1.29, 1.82) is 5.26 Å². The van der Waals surface area contributed by atoms with Crippen molar-refractivity contribution in [2.75, 3.05) is 5.32 Å². The molecule has 0 aliphatic heterocycles. The largest absolute Gasteiger partial charge is 0.321 e. The second kappa shape index (κ2) is 5.51. The first kappa shape index (κ1) is 13.1. The minimum Gasteiger partial charge on any atom is -0.321 e. The summed E-state index contributed by atoms with van der Waals surface area (Å²) in [6, 6.07) is 8.87. The molecule has 0 unspecified atom stereocenters. The third-order valence-corrected chi connectivity index (χ3v) is 2.97. The molecule has 0 saturated heterocycles. The first-order valence-electron chi connectivity index (χ1n) is 5.54. The molecule has 0 aliphatic carbocycles. The standard InChI is InChI=1S/C14H10ClN3O/c1-9-3-2-4-13(10(9)7-16)18-14(19)11-8-17-6-5-12(11)15/h2-6,8H,1H3,(H,18,19). The van der Waals surface area contributed by atoms with Crippen LogP contribution in [0.3, 0.4) is 0 Å². The predicted octanol–water partition coefficient (Wildman–Crippen LogP) is 3.17. The van der Waals surface area contributed by atoms with Crippen LogP contribution >= 0.6 is 11.6 Å². The van der Waals surface area contributed by atoms with E-state index in [4.69, 9.17) is 16.9 Å². The highest BCUT2D eigenvalue weighted by Gasteiger charge is 2.13. The van der Waals surface area contributed by atoms with Crippen molar-refractivity contribution in [2.45, 2.75) is 6.92 Å². The topological polar surface area (TPSA) is 65.8 Å². The number of hydrogen-bond acceptors (Lipinski definition) is 3. The lowest BCUT2D eigenvalue weighted by Crippen LogP contribution is -2.14. The maximum Gasteiger partial charge on any atom is 0.258 e. The minimum absolute atomic E-state index is 0.273. The van der Waals surface area contributed by atoms with Crippen LogP contribution in [0.4, 0.5) is 5.69 Å². The lowest BCUT2D eigenvalue weighted by molar-refractivity contribution is 0.102. The first-order valence-corrected chi connectivity index (χ1v) is 5.92. The molecule has 0 fully saturated rings. The third-order valence-electron chi connectivity index (χ3n) is 2.65. The highest BCUT2D eigenvalue weighted by Crippen LogP contribution is 2.21. The molecule has 2 rings (SSSR count). The number of aryl methyl sites for hydroxylation is 1. The Bertz CT molecular complexity index is 677. The van der Waals surface area contributed by atoms with E-state index in [1.54, 1.807) is 12.1 Å². The number of carbonyl (C=O) groups is 1. The Morgan fingerprint density at radius 2 is 2.21 bits per heavy atom. The molecule has 2 aromatic rings. The molecule has 1 heterocycles. The van der Waals surface area contributed by atoms with Gasteiger partial charge in [-0.05, 0) is 24.6 Å². The van der Waals surface area contributed by atoms with E-state index in [2.05, 4.69) is 16.4 Å². The van der Waals surface area contributed by atoms with Gasteiger partial charge in [0.15, 0.2) is 0 Å². The molecule has 0 atom stereocenters. The molecule has 19 heavy (non-hydrogen) atoms. The molecule has 1 aromatic carbocycles. The number of nitrogens with zero attached hydrogens (tertiary/aromatic N) is 2. The monoisotopic (exact) mass is 271 g/mol. The van der Waals surface area contributed by atoms with E-state index in [1.807, 2.05) is 13.0 Å². The van der Waals surface area contributed by atoms with Crippen molar-refractivity contribution in [3.8, 4) is 6.07 Å². The molecule has 94 valence electrons. The highest BCUT2D eigenvalue weighted by molar-refractivity contribution is 6.34. The number of amides is 1. The number of nitrogens with one attached hydrogen (secondary N) is 1. The summed E-state index contributed by atoms with van der Waals surface area (Å²) in [6.45, 7) is 1.81. The molecule has 4 nitrogen and oxygen atoms in total. The van der Waals surface area contributed by atoms with Gasteiger partial charge in [-0.1, -0.05) is 23.7 Å². The van der Waals surface area contributed by atoms with Crippen LogP contribution in [0.1, 0.15) is 21.5 Å². The lowest BCUT2D eigenvalue weighted by atomic mass is 10.1. The van der Waals surface area contributed by atoms with Crippen molar-refractivity contribution < 1.29 is 4.79 Å². The van der Waals surface area contributed by atoms with Gasteiger partial charge in [-0.15, -0.1) is 0 Å². The molecule has 0 saturated carbocycles. The van der Waals surface area contributed by atoms with Crippen molar-refractivity contribution in [3.63, 3.8) is 0 Å². The second-order valence-corrected chi connectivity index (χ2v) is 4.33. The number of aromatic nitrogens is 1. The van der Waals surface area contributed by atoms with E-state index >= 15 is 0 Å². The number of pyridine rings is 1. The van der Waals surface area contributed by atoms with E-state index in [-0.39, 0.29) is 11.5 Å². The van der Waals surface area contributed by atoms with Crippen molar-refractivity contribution >= 4 is 23.2 Å². The summed E-state index contributed by atoms with van der Waals surface area (Å²) >= 11 is 5.92. The van der Waals surface area contributed by atoms with E-state index in [0.29, 0.717) is 16.3 Å². The maximum atomic E-state index is 12.1. The average Bonchev–Trinajstić information content (AvgIpc) is 2.39. The van der Waals surface area contributed by atoms with Gasteiger partial charge >= 0.3 is 0 Å². The quantitative estimate of drug-likeness (QED) is 0.912. The van der Waals surface area contributed by atoms with Crippen LogP contribution in [-0.4, -0.2) is 10.9 Å². The fourth-order valence-electron chi connectivity index (χ4n) is 1.65. The molecule has 0 bridgehead atoms. The molecule has 1 N–H and O–H groups in total. The van der Waals surface area contributed by atoms with Crippen molar-refractivity contribution in [1.82, 2.24) is 4.98 Å². The molecular weight excluding hydrogens is 262 g/mol. The fourth-order valence-corrected chi connectivity index (χ4v) is 1.85. The van der Waals surface area contributed by atoms with Gasteiger partial charge in [0.05, 0.1) is 21.8 Å². The van der Waals surface area contributed by atoms with Crippen LogP contribution in [0.5, 0.6) is 0 Å². The van der Waals surface area contributed by atoms with Crippen LogP contribution in [0.15, 0.2) is 36.7 Å². The number of hydrogen-bond donors (Lipinski definition) is 1. The Morgan fingerprint density at radius 1 is 1.42 bits per heavy atom. The summed E-state index contributed by atoms with van der Waals surface area (Å²) in [5.41, 5.74) is 1.98. The summed E-state index contributed by atoms with van der Waals surface area (Å²) in [4.78, 5) is 15.9. The van der Waals surface area contributed by atoms with Gasteiger partial charge in [-0.2, -0.15) is 5.26 Å². The van der Waals surface area contributed by atoms with Crippen LogP contribution in [0.25, 0.3) is 0 Å². The lowest BCUT2D eigenvalue weighted by Gasteiger charge is -2.09. The second-order valence-electron chi connectivity index (χ2n) is 3.92. The van der Waals surface area contributed by atoms with Gasteiger partial charge in [-0.25, -0.2) is 0 Å². The number of benzene rings is 1. The van der Waals surface area contributed by atoms with Crippen LogP contribution in [-0.2, 0) is 0 Å². The van der Waals surface area contributed by atoms with E-state index in [0.717, 1.165) is 5.56 Å². The zero-order valence-electron chi connectivity index (χ0n) is 10.1. The highest BCUT2D eigenvalue weighted by atomic mass is 35.5. The van der Waals surface area contributed by atoms with Gasteiger partial charge in [0, 0.05) is 12.4 Å². The fraction of sp³-hybridized carbons (Fsp3) is 0.0714. The van der Waals surface area contributed by atoms with Gasteiger partial charge in [0.2, 0.25) is 0 Å². The summed E-state index contributed by atoms with van der Waals surface area (Å²) in [5.74, 6) is -0.389. The molecule has 0 aliphatic rings. The average molecular weight is 272 g/mol. The zero-order valence-corrected chi connectivity index (χ0v) is 10.9. The van der Waals surface area contributed by atoms with Gasteiger partial charge < -0.3 is 5.32 Å². The Morgan fingerprint density at radius 3 is 2.89 bits per heavy atom. The minimum atomic E-state index is -0.389. The zero-order chi connectivity index (χ0) is 13.8. The number of halogens is 1. The Hall–Kier alpha value is -2.38. The summed E-state index contributed by atoms with van der Waals surface area (Å²) < 4.78 is 0. The SMILES string of the molecule is Cc1cccc(NC(=O)c2cnccc2Cl)c1C#N. The van der Waals surface area contributed by atoms with Gasteiger partial charge in [0.25, 0.3) is 5.91 Å². The molecule has 1 amide bonds. The van der Waals surface area contributed by atoms with E-state index in [1.165, 1.54) is 18.5 Å². The predicted molar refractivity (Wildman–Crippen MR) is 73.1 cm³/mol. The number of nitriles is 1. The van der Waals surface area contributed by atoms with Crippen LogP contribution in [0.2, 0.25) is 5.02 Å². The summed E-state index contributed by atoms with van der Waals surface area (Å²) in [6.07, 6.45) is 2.89. The number of rotatable bonds is 2. The van der Waals surface area contributed by atoms with E-state index in [9.17, 15) is 4.79 Å². The van der Waals surface area contributed by atoms with Gasteiger partial charge in [-0.3, -0.25) is 9.78 Å². The van der Waals surface area contributed by atoms with Crippen molar-refractivity contribution in [2.24, 2.45) is 0 Å². The number of anilines is 1. The van der Waals surface area contributed by atoms with Crippen LogP contribution in [0, 0.1) is 18.3 Å². The summed E-state index contributed by atoms with van der Waals surface area (Å²) in [5, 5.41) is 12.1. The molecular formula is C14H10ClN3O. The molecule has 1 aromatic heterocycles. The van der Waals surface area contributed by atoms with Crippen molar-refractivity contribution in [3.05, 3.63) is 58.4 Å². The van der Waals surface area contributed by atoms with Gasteiger partial charge in [0.1, 0.15) is 6.07 Å². The first-order chi connectivity index (χ1) is 9.13. The maximum absolute atomic E-state index is 12.1. The normalized spacial score (nSPS) is 9.74. The Kier molecular flexibility index (Phi) is 3.79. The third kappa shape index (κ3) is 2.72. The Balaban J connectivity index is 2.33. The Labute approximate surface area is 115 Å².